The SMILES string of the molecule is CCOC(=O)c1[nH]c(C)c(C(O)=C2C(=O)C(=O)N(CCN(CC)CC)C2c2cccc([N+](=O)[O-])c2)c1C. The Balaban J connectivity index is 2.21. The van der Waals surface area contributed by atoms with Crippen LogP contribution < -0.4 is 0 Å². The highest BCUT2D eigenvalue weighted by Crippen LogP contribution is 2.41. The van der Waals surface area contributed by atoms with Gasteiger partial charge in [0.2, 0.25) is 0 Å². The Morgan fingerprint density at radius 3 is 2.49 bits per heavy atom. The van der Waals surface area contributed by atoms with Crippen molar-refractivity contribution in [2.24, 2.45) is 0 Å². The average molecular weight is 513 g/mol. The first-order chi connectivity index (χ1) is 17.6. The molecule has 0 aliphatic carbocycles. The Morgan fingerprint density at radius 1 is 1.22 bits per heavy atom. The number of ketones is 1. The highest BCUT2D eigenvalue weighted by atomic mass is 16.6. The number of aryl methyl sites for hydroxylation is 1. The van der Waals surface area contributed by atoms with E-state index in [1.807, 2.05) is 13.8 Å². The van der Waals surface area contributed by atoms with E-state index in [0.717, 1.165) is 13.1 Å². The number of non-ortho nitro benzene ring substituents is 1. The van der Waals surface area contributed by atoms with Crippen LogP contribution in [-0.4, -0.2) is 75.3 Å². The number of H-pyrrole nitrogens is 1. The number of likely N-dealkylation sites (tertiary alicyclic amines) is 1. The van der Waals surface area contributed by atoms with Gasteiger partial charge in [-0.1, -0.05) is 26.0 Å². The lowest BCUT2D eigenvalue weighted by atomic mass is 9.93. The van der Waals surface area contributed by atoms with E-state index in [0.29, 0.717) is 23.4 Å². The van der Waals surface area contributed by atoms with Gasteiger partial charge in [0.05, 0.1) is 23.1 Å². The number of esters is 1. The lowest BCUT2D eigenvalue weighted by molar-refractivity contribution is -0.384. The molecule has 1 atom stereocenters. The van der Waals surface area contributed by atoms with E-state index in [4.69, 9.17) is 4.74 Å². The molecule has 1 aromatic heterocycles. The first-order valence-corrected chi connectivity index (χ1v) is 12.2. The van der Waals surface area contributed by atoms with Crippen molar-refractivity contribution in [3.8, 4) is 0 Å². The number of carbonyl (C=O) groups excluding carboxylic acids is 3. The number of nitrogens with zero attached hydrogens (tertiary/aromatic N) is 3. The number of aliphatic hydroxyl groups is 1. The molecule has 0 radical (unpaired) electrons. The molecule has 1 aliphatic heterocycles. The number of Topliss-reactive ketones (excluding diaryl/α,β-unsaturated/α-hetero) is 1. The van der Waals surface area contributed by atoms with Gasteiger partial charge in [0.25, 0.3) is 17.4 Å². The lowest BCUT2D eigenvalue weighted by Crippen LogP contribution is -2.38. The zero-order valence-corrected chi connectivity index (χ0v) is 21.7. The highest BCUT2D eigenvalue weighted by Gasteiger charge is 2.46. The summed E-state index contributed by atoms with van der Waals surface area (Å²) in [6.07, 6.45) is 0. The summed E-state index contributed by atoms with van der Waals surface area (Å²) in [6, 6.07) is 4.63. The smallest absolute Gasteiger partial charge is 0.355 e. The van der Waals surface area contributed by atoms with Crippen LogP contribution in [0, 0.1) is 24.0 Å². The fourth-order valence-corrected chi connectivity index (χ4v) is 4.70. The molecular formula is C26H32N4O7. The van der Waals surface area contributed by atoms with Crippen molar-refractivity contribution < 1.29 is 29.2 Å². The molecular weight excluding hydrogens is 480 g/mol. The minimum absolute atomic E-state index is 0.128. The van der Waals surface area contributed by atoms with Crippen molar-refractivity contribution >= 4 is 29.1 Å². The molecule has 1 unspecified atom stereocenters. The first kappa shape index (κ1) is 27.6. The number of nitrogens with one attached hydrogen (secondary N) is 1. The van der Waals surface area contributed by atoms with Crippen LogP contribution in [0.5, 0.6) is 0 Å². The van der Waals surface area contributed by atoms with Gasteiger partial charge in [0.15, 0.2) is 0 Å². The van der Waals surface area contributed by atoms with Crippen LogP contribution in [0.3, 0.4) is 0 Å². The minimum atomic E-state index is -1.05. The Morgan fingerprint density at radius 2 is 1.89 bits per heavy atom. The maximum absolute atomic E-state index is 13.3. The van der Waals surface area contributed by atoms with Gasteiger partial charge in [-0.2, -0.15) is 0 Å². The zero-order valence-electron chi connectivity index (χ0n) is 21.7. The molecule has 2 aromatic rings. The van der Waals surface area contributed by atoms with Gasteiger partial charge in [0.1, 0.15) is 11.5 Å². The van der Waals surface area contributed by atoms with Crippen LogP contribution in [0.4, 0.5) is 5.69 Å². The van der Waals surface area contributed by atoms with Crippen LogP contribution in [0.15, 0.2) is 29.8 Å². The number of carbonyl (C=O) groups is 3. The predicted molar refractivity (Wildman–Crippen MR) is 136 cm³/mol. The van der Waals surface area contributed by atoms with E-state index in [1.165, 1.54) is 23.1 Å². The summed E-state index contributed by atoms with van der Waals surface area (Å²) in [7, 11) is 0. The quantitative estimate of drug-likeness (QED) is 0.123. The van der Waals surface area contributed by atoms with Crippen molar-refractivity contribution in [1.82, 2.24) is 14.8 Å². The molecule has 0 bridgehead atoms. The molecule has 37 heavy (non-hydrogen) atoms. The number of nitro benzene ring substituents is 1. The summed E-state index contributed by atoms with van der Waals surface area (Å²) in [5, 5.41) is 22.9. The number of likely N-dealkylation sites (N-methyl/N-ethyl adjacent to an activating group) is 1. The molecule has 1 fully saturated rings. The third-order valence-electron chi connectivity index (χ3n) is 6.64. The largest absolute Gasteiger partial charge is 0.507 e. The molecule has 11 heteroatoms. The van der Waals surface area contributed by atoms with Crippen molar-refractivity contribution in [2.45, 2.75) is 40.7 Å². The first-order valence-electron chi connectivity index (χ1n) is 12.2. The second-order valence-electron chi connectivity index (χ2n) is 8.72. The van der Waals surface area contributed by atoms with Gasteiger partial charge in [-0.15, -0.1) is 0 Å². The minimum Gasteiger partial charge on any atom is -0.507 e. The Kier molecular flexibility index (Phi) is 8.49. The van der Waals surface area contributed by atoms with E-state index in [9.17, 15) is 29.6 Å². The predicted octanol–water partition coefficient (Wildman–Crippen LogP) is 3.48. The maximum Gasteiger partial charge on any atom is 0.355 e. The number of benzene rings is 1. The second kappa shape index (κ2) is 11.4. The van der Waals surface area contributed by atoms with Crippen LogP contribution >= 0.6 is 0 Å². The van der Waals surface area contributed by atoms with Crippen molar-refractivity contribution in [3.63, 3.8) is 0 Å². The number of aromatic amines is 1. The summed E-state index contributed by atoms with van der Waals surface area (Å²) in [5.41, 5.74) is 1.04. The van der Waals surface area contributed by atoms with Gasteiger partial charge < -0.3 is 24.6 Å². The molecule has 3 rings (SSSR count). The molecule has 1 amide bonds. The average Bonchev–Trinajstić information content (AvgIpc) is 3.31. The van der Waals surface area contributed by atoms with Crippen LogP contribution in [0.25, 0.3) is 5.76 Å². The molecule has 2 heterocycles. The summed E-state index contributed by atoms with van der Waals surface area (Å²) in [5.74, 6) is -2.77. The van der Waals surface area contributed by atoms with Crippen LogP contribution in [-0.2, 0) is 14.3 Å². The number of nitro groups is 1. The van der Waals surface area contributed by atoms with E-state index in [-0.39, 0.29) is 35.7 Å². The zero-order chi connectivity index (χ0) is 27.4. The number of aliphatic hydroxyl groups excluding tert-OH is 1. The standard InChI is InChI=1S/C26H32N4O7/c1-6-28(7-2)12-13-29-22(17-10-9-11-18(14-17)30(35)36)20(24(32)25(29)33)23(31)19-15(4)21(27-16(19)5)26(34)37-8-3/h9-11,14,22,27,31H,6-8,12-13H2,1-5H3. The second-order valence-corrected chi connectivity index (χ2v) is 8.72. The Bertz CT molecular complexity index is 1260. The number of hydrogen-bond donors (Lipinski definition) is 2. The normalized spacial score (nSPS) is 17.0. The van der Waals surface area contributed by atoms with E-state index in [1.54, 1.807) is 26.8 Å². The van der Waals surface area contributed by atoms with Crippen molar-refractivity contribution in [3.05, 3.63) is 68.0 Å². The third kappa shape index (κ3) is 5.26. The molecule has 1 aliphatic rings. The Labute approximate surface area is 214 Å². The Hall–Kier alpha value is -3.99. The van der Waals surface area contributed by atoms with Gasteiger partial charge >= 0.3 is 5.97 Å². The van der Waals surface area contributed by atoms with Crippen LogP contribution in [0.2, 0.25) is 0 Å². The summed E-state index contributed by atoms with van der Waals surface area (Å²) in [4.78, 5) is 56.1. The number of hydrogen-bond acceptors (Lipinski definition) is 8. The highest BCUT2D eigenvalue weighted by molar-refractivity contribution is 6.46. The van der Waals surface area contributed by atoms with Gasteiger partial charge in [-0.3, -0.25) is 19.7 Å². The number of aromatic nitrogens is 1. The van der Waals surface area contributed by atoms with Gasteiger partial charge in [-0.25, -0.2) is 4.79 Å². The van der Waals surface area contributed by atoms with E-state index < -0.39 is 34.4 Å². The van der Waals surface area contributed by atoms with Crippen LogP contribution in [0.1, 0.15) is 59.7 Å². The lowest BCUT2D eigenvalue weighted by Gasteiger charge is -2.28. The fourth-order valence-electron chi connectivity index (χ4n) is 4.70. The third-order valence-corrected chi connectivity index (χ3v) is 6.64. The molecule has 11 nitrogen and oxygen atoms in total. The molecule has 1 aromatic carbocycles. The summed E-state index contributed by atoms with van der Waals surface area (Å²) in [6.45, 7) is 11.1. The summed E-state index contributed by atoms with van der Waals surface area (Å²) < 4.78 is 5.07. The van der Waals surface area contributed by atoms with Gasteiger partial charge in [0, 0.05) is 36.5 Å². The van der Waals surface area contributed by atoms with Crippen molar-refractivity contribution in [2.75, 3.05) is 32.8 Å². The molecule has 1 saturated heterocycles. The number of amides is 1. The maximum atomic E-state index is 13.3. The molecule has 198 valence electrons. The molecule has 0 spiro atoms. The topological polar surface area (TPSA) is 146 Å². The molecule has 0 saturated carbocycles. The number of rotatable bonds is 10. The van der Waals surface area contributed by atoms with E-state index >= 15 is 0 Å². The molecule has 2 N–H and O–H groups in total. The number of ether oxygens (including phenoxy) is 1. The fraction of sp³-hybridized carbons (Fsp3) is 0.423. The van der Waals surface area contributed by atoms with Crippen molar-refractivity contribution in [1.29, 1.82) is 0 Å². The van der Waals surface area contributed by atoms with Gasteiger partial charge in [-0.05, 0) is 45.0 Å². The summed E-state index contributed by atoms with van der Waals surface area (Å²) >= 11 is 0. The monoisotopic (exact) mass is 512 g/mol. The van der Waals surface area contributed by atoms with E-state index in [2.05, 4.69) is 9.88 Å².